The lowest BCUT2D eigenvalue weighted by atomic mass is 9.71. The summed E-state index contributed by atoms with van der Waals surface area (Å²) in [6.07, 6.45) is 8.75. The van der Waals surface area contributed by atoms with Crippen molar-refractivity contribution in [3.05, 3.63) is 39.9 Å². The molecule has 0 atom stereocenters. The van der Waals surface area contributed by atoms with Crippen LogP contribution in [0.5, 0.6) is 0 Å². The zero-order valence-corrected chi connectivity index (χ0v) is 13.3. The number of fused-ring (bicyclic) bond motifs is 1. The van der Waals surface area contributed by atoms with Gasteiger partial charge in [0.1, 0.15) is 0 Å². The Bertz CT molecular complexity index is 455. The van der Waals surface area contributed by atoms with Gasteiger partial charge in [0.15, 0.2) is 0 Å². The van der Waals surface area contributed by atoms with E-state index in [4.69, 9.17) is 0 Å². The molecule has 0 unspecified atom stereocenters. The number of hydrogen-bond acceptors (Lipinski definition) is 0. The third-order valence-corrected chi connectivity index (χ3v) is 4.52. The fourth-order valence-corrected chi connectivity index (χ4v) is 3.14. The van der Waals surface area contributed by atoms with Crippen LogP contribution in [0, 0.1) is 0 Å². The smallest absolute Gasteiger partial charge is 0.0181 e. The lowest BCUT2D eigenvalue weighted by Gasteiger charge is -2.34. The summed E-state index contributed by atoms with van der Waals surface area (Å²) in [7, 11) is 0. The van der Waals surface area contributed by atoms with E-state index in [2.05, 4.69) is 61.0 Å². The minimum Gasteiger partial charge on any atom is -0.0807 e. The standard InChI is InChI=1S/C17H23Br/c1-4-5-6-7-13-10-11-17(2,3)16-9-8-14(18)12-15(13)16/h7-9,12H,4-6,10-11H2,1-3H3. The Morgan fingerprint density at radius 3 is 2.83 bits per heavy atom. The molecule has 0 N–H and O–H groups in total. The monoisotopic (exact) mass is 306 g/mol. The predicted octanol–water partition coefficient (Wildman–Crippen LogP) is 6.09. The molecule has 0 saturated heterocycles. The highest BCUT2D eigenvalue weighted by Crippen LogP contribution is 2.43. The lowest BCUT2D eigenvalue weighted by molar-refractivity contribution is 0.474. The molecule has 0 spiro atoms. The maximum atomic E-state index is 3.61. The molecule has 1 aromatic carbocycles. The number of benzene rings is 1. The molecule has 0 bridgehead atoms. The third kappa shape index (κ3) is 2.88. The van der Waals surface area contributed by atoms with Gasteiger partial charge in [0.05, 0.1) is 0 Å². The lowest BCUT2D eigenvalue weighted by Crippen LogP contribution is -2.23. The van der Waals surface area contributed by atoms with E-state index in [0.717, 1.165) is 0 Å². The van der Waals surface area contributed by atoms with E-state index in [1.54, 1.807) is 5.57 Å². The van der Waals surface area contributed by atoms with Gasteiger partial charge in [-0.25, -0.2) is 0 Å². The van der Waals surface area contributed by atoms with Gasteiger partial charge < -0.3 is 0 Å². The predicted molar refractivity (Wildman–Crippen MR) is 83.9 cm³/mol. The number of hydrogen-bond donors (Lipinski definition) is 0. The zero-order chi connectivity index (χ0) is 13.2. The molecular formula is C17H23Br. The first-order valence-electron chi connectivity index (χ1n) is 7.04. The first-order valence-corrected chi connectivity index (χ1v) is 7.83. The zero-order valence-electron chi connectivity index (χ0n) is 11.7. The van der Waals surface area contributed by atoms with E-state index in [1.165, 1.54) is 47.7 Å². The average molecular weight is 307 g/mol. The van der Waals surface area contributed by atoms with Gasteiger partial charge >= 0.3 is 0 Å². The van der Waals surface area contributed by atoms with Gasteiger partial charge in [-0.05, 0) is 53.5 Å². The van der Waals surface area contributed by atoms with Crippen LogP contribution in [0.15, 0.2) is 28.7 Å². The minimum absolute atomic E-state index is 0.318. The van der Waals surface area contributed by atoms with Gasteiger partial charge in [0.25, 0.3) is 0 Å². The van der Waals surface area contributed by atoms with E-state index < -0.39 is 0 Å². The van der Waals surface area contributed by atoms with E-state index in [9.17, 15) is 0 Å². The summed E-state index contributed by atoms with van der Waals surface area (Å²) in [6.45, 7) is 6.98. The highest BCUT2D eigenvalue weighted by Gasteiger charge is 2.29. The van der Waals surface area contributed by atoms with E-state index in [1.807, 2.05) is 0 Å². The SMILES string of the molecule is CCCCC=C1CCC(C)(C)c2ccc(Br)cc21. The van der Waals surface area contributed by atoms with Gasteiger partial charge in [-0.2, -0.15) is 0 Å². The van der Waals surface area contributed by atoms with Crippen molar-refractivity contribution in [2.75, 3.05) is 0 Å². The Morgan fingerprint density at radius 1 is 1.33 bits per heavy atom. The molecule has 1 aliphatic rings. The molecule has 0 heterocycles. The molecule has 0 aliphatic heterocycles. The van der Waals surface area contributed by atoms with Crippen molar-refractivity contribution in [2.24, 2.45) is 0 Å². The number of allylic oxidation sites excluding steroid dienone is 2. The van der Waals surface area contributed by atoms with Crippen LogP contribution in [0.1, 0.15) is 64.0 Å². The van der Waals surface area contributed by atoms with Crippen molar-refractivity contribution in [1.82, 2.24) is 0 Å². The van der Waals surface area contributed by atoms with Crippen molar-refractivity contribution in [3.8, 4) is 0 Å². The molecule has 1 heteroatoms. The maximum absolute atomic E-state index is 3.61. The Morgan fingerprint density at radius 2 is 2.11 bits per heavy atom. The summed E-state index contributed by atoms with van der Waals surface area (Å²) in [5.41, 5.74) is 4.86. The van der Waals surface area contributed by atoms with Crippen LogP contribution in [-0.4, -0.2) is 0 Å². The Kier molecular flexibility index (Phi) is 4.32. The molecule has 0 saturated carbocycles. The molecule has 0 fully saturated rings. The topological polar surface area (TPSA) is 0 Å². The first kappa shape index (κ1) is 13.9. The van der Waals surface area contributed by atoms with Crippen molar-refractivity contribution in [2.45, 2.75) is 58.3 Å². The Balaban J connectivity index is 2.38. The molecule has 0 nitrogen and oxygen atoms in total. The molecule has 1 aromatic rings. The van der Waals surface area contributed by atoms with Crippen molar-refractivity contribution < 1.29 is 0 Å². The van der Waals surface area contributed by atoms with Crippen LogP contribution in [0.3, 0.4) is 0 Å². The second-order valence-electron chi connectivity index (χ2n) is 5.95. The third-order valence-electron chi connectivity index (χ3n) is 4.02. The van der Waals surface area contributed by atoms with Gasteiger partial charge in [-0.3, -0.25) is 0 Å². The van der Waals surface area contributed by atoms with Crippen LogP contribution in [0.25, 0.3) is 5.57 Å². The van der Waals surface area contributed by atoms with Crippen molar-refractivity contribution in [3.63, 3.8) is 0 Å². The largest absolute Gasteiger partial charge is 0.0807 e. The molecule has 2 rings (SSSR count). The summed E-state index contributed by atoms with van der Waals surface area (Å²) in [6, 6.07) is 6.77. The van der Waals surface area contributed by atoms with Gasteiger partial charge in [-0.15, -0.1) is 0 Å². The Labute approximate surface area is 120 Å². The van der Waals surface area contributed by atoms with Crippen molar-refractivity contribution >= 4 is 21.5 Å². The second kappa shape index (κ2) is 5.61. The first-order chi connectivity index (χ1) is 8.54. The molecule has 0 aromatic heterocycles. The van der Waals surface area contributed by atoms with Crippen LogP contribution in [0.4, 0.5) is 0 Å². The van der Waals surface area contributed by atoms with Crippen molar-refractivity contribution in [1.29, 1.82) is 0 Å². The highest BCUT2D eigenvalue weighted by atomic mass is 79.9. The van der Waals surface area contributed by atoms with E-state index in [-0.39, 0.29) is 0 Å². The number of unbranched alkanes of at least 4 members (excludes halogenated alkanes) is 2. The summed E-state index contributed by atoms with van der Waals surface area (Å²) in [4.78, 5) is 0. The number of halogens is 1. The second-order valence-corrected chi connectivity index (χ2v) is 6.86. The summed E-state index contributed by atoms with van der Waals surface area (Å²) < 4.78 is 1.19. The van der Waals surface area contributed by atoms with Gasteiger partial charge in [0.2, 0.25) is 0 Å². The molecule has 0 amide bonds. The maximum Gasteiger partial charge on any atom is 0.0181 e. The fourth-order valence-electron chi connectivity index (χ4n) is 2.78. The van der Waals surface area contributed by atoms with Crippen LogP contribution < -0.4 is 0 Å². The summed E-state index contributed by atoms with van der Waals surface area (Å²) >= 11 is 3.61. The molecule has 18 heavy (non-hydrogen) atoms. The fraction of sp³-hybridized carbons (Fsp3) is 0.529. The highest BCUT2D eigenvalue weighted by molar-refractivity contribution is 9.10. The van der Waals surface area contributed by atoms with Crippen LogP contribution in [-0.2, 0) is 5.41 Å². The van der Waals surface area contributed by atoms with Crippen LogP contribution in [0.2, 0.25) is 0 Å². The average Bonchev–Trinajstić information content (AvgIpc) is 2.32. The van der Waals surface area contributed by atoms with Gasteiger partial charge in [0, 0.05) is 4.47 Å². The number of rotatable bonds is 3. The molecule has 0 radical (unpaired) electrons. The molecule has 98 valence electrons. The van der Waals surface area contributed by atoms with Crippen LogP contribution >= 0.6 is 15.9 Å². The normalized spacial score (nSPS) is 19.9. The molecule has 1 aliphatic carbocycles. The minimum atomic E-state index is 0.318. The summed E-state index contributed by atoms with van der Waals surface area (Å²) in [5.74, 6) is 0. The van der Waals surface area contributed by atoms with E-state index in [0.29, 0.717) is 5.41 Å². The molecular weight excluding hydrogens is 284 g/mol. The Hall–Kier alpha value is -0.560. The van der Waals surface area contributed by atoms with E-state index >= 15 is 0 Å². The van der Waals surface area contributed by atoms with Gasteiger partial charge in [-0.1, -0.05) is 61.7 Å². The quantitative estimate of drug-likeness (QED) is 0.592. The summed E-state index contributed by atoms with van der Waals surface area (Å²) in [5, 5.41) is 0.